The predicted octanol–water partition coefficient (Wildman–Crippen LogP) is 4.69. The Labute approximate surface area is 217 Å². The quantitative estimate of drug-likeness (QED) is 0.373. The van der Waals surface area contributed by atoms with Crippen LogP contribution < -0.4 is 4.90 Å². The van der Waals surface area contributed by atoms with E-state index in [9.17, 15) is 9.59 Å². The number of nitrogens with zero attached hydrogens (tertiary/aromatic N) is 3. The van der Waals surface area contributed by atoms with E-state index in [0.717, 1.165) is 26.9 Å². The summed E-state index contributed by atoms with van der Waals surface area (Å²) in [7, 11) is 5.72. The molecule has 0 bridgehead atoms. The Morgan fingerprint density at radius 3 is 2.36 bits per heavy atom. The fraction of sp³-hybridized carbons (Fsp3) is 0.414. The highest BCUT2D eigenvalue weighted by Gasteiger charge is 2.48. The Hall–Kier alpha value is -3.21. The number of benzene rings is 2. The maximum atomic E-state index is 14.0. The van der Waals surface area contributed by atoms with Gasteiger partial charge in [0, 0.05) is 12.6 Å². The van der Waals surface area contributed by atoms with Crippen LogP contribution in [0.25, 0.3) is 10.2 Å². The van der Waals surface area contributed by atoms with E-state index in [1.165, 1.54) is 11.3 Å². The molecule has 1 aromatic heterocycles. The Morgan fingerprint density at radius 2 is 1.75 bits per heavy atom. The number of aromatic nitrogens is 1. The molecule has 1 aliphatic carbocycles. The van der Waals surface area contributed by atoms with Crippen LogP contribution in [0.15, 0.2) is 42.5 Å². The summed E-state index contributed by atoms with van der Waals surface area (Å²) in [5.74, 6) is 5.86. The molecule has 1 heterocycles. The van der Waals surface area contributed by atoms with E-state index >= 15 is 0 Å². The fourth-order valence-electron chi connectivity index (χ4n) is 4.58. The molecule has 1 amide bonds. The van der Waals surface area contributed by atoms with Crippen LogP contribution in [-0.4, -0.2) is 55.0 Å². The van der Waals surface area contributed by atoms with Crippen LogP contribution in [0.4, 0.5) is 5.13 Å². The molecule has 0 unspecified atom stereocenters. The smallest absolute Gasteiger partial charge is 0.307 e. The summed E-state index contributed by atoms with van der Waals surface area (Å²) in [5, 5.41) is 0.605. The molecule has 0 radical (unpaired) electrons. The first-order valence-electron chi connectivity index (χ1n) is 12.1. The summed E-state index contributed by atoms with van der Waals surface area (Å²) < 4.78 is 6.60. The number of hydrogen-bond acceptors (Lipinski definition) is 6. The molecule has 3 aromatic rings. The first-order valence-corrected chi connectivity index (χ1v) is 12.9. The minimum Gasteiger partial charge on any atom is -0.460 e. The molecule has 6 nitrogen and oxygen atoms in total. The minimum absolute atomic E-state index is 0.0264. The largest absolute Gasteiger partial charge is 0.460 e. The number of esters is 1. The number of rotatable bonds is 5. The molecule has 2 aromatic carbocycles. The van der Waals surface area contributed by atoms with E-state index in [-0.39, 0.29) is 18.3 Å². The van der Waals surface area contributed by atoms with Crippen molar-refractivity contribution < 1.29 is 14.3 Å². The topological polar surface area (TPSA) is 62.7 Å². The second kappa shape index (κ2) is 10.0. The lowest BCUT2D eigenvalue weighted by molar-refractivity contribution is -0.159. The van der Waals surface area contributed by atoms with Crippen molar-refractivity contribution in [1.29, 1.82) is 0 Å². The number of amides is 1. The van der Waals surface area contributed by atoms with Crippen molar-refractivity contribution >= 4 is 38.6 Å². The Balaban J connectivity index is 1.62. The molecule has 36 heavy (non-hydrogen) atoms. The third-order valence-electron chi connectivity index (χ3n) is 6.13. The average molecular weight is 504 g/mol. The van der Waals surface area contributed by atoms with Gasteiger partial charge in [-0.3, -0.25) is 19.4 Å². The summed E-state index contributed by atoms with van der Waals surface area (Å²) in [6.07, 6.45) is 1.03. The van der Waals surface area contributed by atoms with Gasteiger partial charge in [-0.2, -0.15) is 0 Å². The minimum atomic E-state index is -0.901. The van der Waals surface area contributed by atoms with Gasteiger partial charge in [-0.25, -0.2) is 4.98 Å². The molecule has 0 saturated heterocycles. The van der Waals surface area contributed by atoms with Gasteiger partial charge in [0.2, 0.25) is 5.91 Å². The maximum absolute atomic E-state index is 14.0. The maximum Gasteiger partial charge on any atom is 0.307 e. The highest BCUT2D eigenvalue weighted by atomic mass is 32.1. The van der Waals surface area contributed by atoms with Gasteiger partial charge < -0.3 is 4.74 Å². The molecule has 188 valence electrons. The van der Waals surface area contributed by atoms with Crippen LogP contribution in [0.3, 0.4) is 0 Å². The number of carbonyl (C=O) groups excluding carboxylic acids is 2. The van der Waals surface area contributed by atoms with Gasteiger partial charge in [0.05, 0.1) is 28.6 Å². The molecular weight excluding hydrogens is 470 g/mol. The summed E-state index contributed by atoms with van der Waals surface area (Å²) in [6, 6.07) is 13.9. The van der Waals surface area contributed by atoms with Crippen molar-refractivity contribution in [3.05, 3.63) is 59.2 Å². The van der Waals surface area contributed by atoms with Crippen LogP contribution in [0.5, 0.6) is 0 Å². The lowest BCUT2D eigenvalue weighted by atomic mass is 9.80. The number of fused-ring (bicyclic) bond motifs is 2. The SMILES string of the molecule is CN(C)CC#Cc1ccc2nc(N(C)C(=O)C3(CC(=O)OC(C)(C)C)Cc4ccccc4C3)sc2c1. The van der Waals surface area contributed by atoms with E-state index in [0.29, 0.717) is 24.5 Å². The molecule has 0 atom stereocenters. The second-order valence-corrected chi connectivity index (χ2v) is 11.8. The third-order valence-corrected chi connectivity index (χ3v) is 7.22. The van der Waals surface area contributed by atoms with Crippen LogP contribution in [-0.2, 0) is 27.2 Å². The van der Waals surface area contributed by atoms with Gasteiger partial charge in [-0.1, -0.05) is 47.4 Å². The van der Waals surface area contributed by atoms with Crippen LogP contribution in [0.1, 0.15) is 43.9 Å². The molecule has 7 heteroatoms. The van der Waals surface area contributed by atoms with E-state index in [1.54, 1.807) is 11.9 Å². The van der Waals surface area contributed by atoms with Gasteiger partial charge in [0.15, 0.2) is 5.13 Å². The van der Waals surface area contributed by atoms with Crippen molar-refractivity contribution in [2.75, 3.05) is 32.6 Å². The summed E-state index contributed by atoms with van der Waals surface area (Å²) >= 11 is 1.46. The van der Waals surface area contributed by atoms with Crippen molar-refractivity contribution in [1.82, 2.24) is 9.88 Å². The summed E-state index contributed by atoms with van der Waals surface area (Å²) in [6.45, 7) is 6.21. The van der Waals surface area contributed by atoms with Crippen molar-refractivity contribution in [2.45, 2.75) is 45.6 Å². The van der Waals surface area contributed by atoms with Gasteiger partial charge in [0.25, 0.3) is 0 Å². The molecule has 0 N–H and O–H groups in total. The number of carbonyl (C=O) groups is 2. The molecule has 1 aliphatic rings. The normalized spacial score (nSPS) is 14.3. The molecule has 0 saturated carbocycles. The summed E-state index contributed by atoms with van der Waals surface area (Å²) in [5.41, 5.74) is 2.44. The molecule has 0 spiro atoms. The highest BCUT2D eigenvalue weighted by molar-refractivity contribution is 7.22. The fourth-order valence-corrected chi connectivity index (χ4v) is 5.54. The molecular formula is C29H33N3O3S. The summed E-state index contributed by atoms with van der Waals surface area (Å²) in [4.78, 5) is 35.3. The molecule has 0 aliphatic heterocycles. The Bertz CT molecular complexity index is 1330. The Kier molecular flexibility index (Phi) is 7.21. The second-order valence-electron chi connectivity index (χ2n) is 10.7. The van der Waals surface area contributed by atoms with E-state index in [2.05, 4.69) is 11.8 Å². The van der Waals surface area contributed by atoms with Gasteiger partial charge in [0.1, 0.15) is 5.60 Å². The standard InChI is InChI=1S/C29H33N3O3S/c1-28(2,3)35-25(33)19-29(17-21-11-7-8-12-22(21)18-29)26(34)32(6)27-30-23-14-13-20(16-24(23)36-27)10-9-15-31(4)5/h7-8,11-14,16H,15,17-19H2,1-6H3. The van der Waals surface area contributed by atoms with E-state index in [1.807, 2.05) is 82.2 Å². The number of anilines is 1. The zero-order valence-electron chi connectivity index (χ0n) is 21.8. The molecule has 0 fully saturated rings. The zero-order valence-corrected chi connectivity index (χ0v) is 22.7. The predicted molar refractivity (Wildman–Crippen MR) is 145 cm³/mol. The van der Waals surface area contributed by atoms with Gasteiger partial charge in [-0.15, -0.1) is 0 Å². The van der Waals surface area contributed by atoms with Crippen LogP contribution in [0, 0.1) is 17.3 Å². The zero-order chi connectivity index (χ0) is 26.1. The monoisotopic (exact) mass is 503 g/mol. The Morgan fingerprint density at radius 1 is 1.08 bits per heavy atom. The van der Waals surface area contributed by atoms with Crippen molar-refractivity contribution in [2.24, 2.45) is 5.41 Å². The number of hydrogen-bond donors (Lipinski definition) is 0. The lowest BCUT2D eigenvalue weighted by Crippen LogP contribution is -2.45. The van der Waals surface area contributed by atoms with Crippen molar-refractivity contribution in [3.8, 4) is 11.8 Å². The lowest BCUT2D eigenvalue weighted by Gasteiger charge is -2.31. The number of ether oxygens (including phenoxy) is 1. The van der Waals surface area contributed by atoms with E-state index < -0.39 is 11.0 Å². The van der Waals surface area contributed by atoms with E-state index in [4.69, 9.17) is 9.72 Å². The average Bonchev–Trinajstić information content (AvgIpc) is 3.37. The highest BCUT2D eigenvalue weighted by Crippen LogP contribution is 2.43. The first kappa shape index (κ1) is 25.9. The van der Waals surface area contributed by atoms with Crippen LogP contribution >= 0.6 is 11.3 Å². The number of thiazole rings is 1. The van der Waals surface area contributed by atoms with Crippen LogP contribution in [0.2, 0.25) is 0 Å². The molecule has 4 rings (SSSR count). The van der Waals surface area contributed by atoms with Crippen molar-refractivity contribution in [3.63, 3.8) is 0 Å². The first-order chi connectivity index (χ1) is 17.0. The van der Waals surface area contributed by atoms with Gasteiger partial charge in [-0.05, 0) is 77.0 Å². The van der Waals surface area contributed by atoms with Gasteiger partial charge >= 0.3 is 5.97 Å². The third kappa shape index (κ3) is 5.77.